The van der Waals surface area contributed by atoms with Crippen molar-refractivity contribution in [3.8, 4) is 0 Å². The van der Waals surface area contributed by atoms with E-state index in [0.29, 0.717) is 5.92 Å². The van der Waals surface area contributed by atoms with E-state index in [9.17, 15) is 0 Å². The average Bonchev–Trinajstić information content (AvgIpc) is 3.06. The molecule has 0 aromatic carbocycles. The molecule has 0 radical (unpaired) electrons. The molecular weight excluding hydrogens is 298 g/mol. The van der Waals surface area contributed by atoms with Crippen LogP contribution >= 0.6 is 27.3 Å². The molecule has 2 aromatic rings. The molecule has 1 N–H and O–H groups in total. The fourth-order valence-corrected chi connectivity index (χ4v) is 2.76. The first-order chi connectivity index (χ1) is 8.24. The van der Waals surface area contributed by atoms with E-state index in [4.69, 9.17) is 0 Å². The summed E-state index contributed by atoms with van der Waals surface area (Å²) < 4.78 is 1.00. The van der Waals surface area contributed by atoms with Gasteiger partial charge in [-0.15, -0.1) is 11.3 Å². The summed E-state index contributed by atoms with van der Waals surface area (Å²) in [6.07, 6.45) is 4.38. The number of halogens is 1. The molecule has 1 aliphatic rings. The van der Waals surface area contributed by atoms with Gasteiger partial charge in [-0.05, 0) is 47.3 Å². The van der Waals surface area contributed by atoms with Gasteiger partial charge in [0.05, 0.1) is 10.2 Å². The first kappa shape index (κ1) is 11.2. The molecule has 2 aromatic heterocycles. The van der Waals surface area contributed by atoms with E-state index in [1.54, 1.807) is 17.5 Å². The Hall–Kier alpha value is -0.940. The van der Waals surface area contributed by atoms with E-state index in [1.165, 1.54) is 24.1 Å². The monoisotopic (exact) mass is 309 g/mol. The van der Waals surface area contributed by atoms with Gasteiger partial charge in [-0.3, -0.25) is 0 Å². The molecule has 3 nitrogen and oxygen atoms in total. The van der Waals surface area contributed by atoms with Crippen LogP contribution in [0, 0.1) is 6.92 Å². The van der Waals surface area contributed by atoms with Crippen LogP contribution in [0.1, 0.15) is 30.0 Å². The Kier molecular flexibility index (Phi) is 2.88. The zero-order chi connectivity index (χ0) is 11.8. The van der Waals surface area contributed by atoms with Crippen LogP contribution in [0.3, 0.4) is 0 Å². The van der Waals surface area contributed by atoms with Gasteiger partial charge in [0, 0.05) is 17.5 Å². The smallest absolute Gasteiger partial charge is 0.188 e. The number of aromatic nitrogens is 2. The van der Waals surface area contributed by atoms with Gasteiger partial charge in [0.15, 0.2) is 5.13 Å². The van der Waals surface area contributed by atoms with Crippen molar-refractivity contribution in [3.05, 3.63) is 33.4 Å². The average molecular weight is 310 g/mol. The van der Waals surface area contributed by atoms with Crippen LogP contribution in [0.25, 0.3) is 0 Å². The van der Waals surface area contributed by atoms with Crippen LogP contribution in [0.2, 0.25) is 0 Å². The Morgan fingerprint density at radius 3 is 3.06 bits per heavy atom. The van der Waals surface area contributed by atoms with Gasteiger partial charge < -0.3 is 5.32 Å². The summed E-state index contributed by atoms with van der Waals surface area (Å²) in [5.41, 5.74) is 2.39. The molecule has 0 spiro atoms. The van der Waals surface area contributed by atoms with Crippen molar-refractivity contribution in [2.45, 2.75) is 25.7 Å². The van der Waals surface area contributed by atoms with Gasteiger partial charge in [-0.1, -0.05) is 0 Å². The van der Waals surface area contributed by atoms with E-state index < -0.39 is 0 Å². The van der Waals surface area contributed by atoms with Crippen molar-refractivity contribution in [1.82, 2.24) is 9.97 Å². The first-order valence-corrected chi connectivity index (χ1v) is 7.25. The van der Waals surface area contributed by atoms with Crippen molar-refractivity contribution in [3.63, 3.8) is 0 Å². The van der Waals surface area contributed by atoms with Gasteiger partial charge in [-0.2, -0.15) is 0 Å². The predicted molar refractivity (Wildman–Crippen MR) is 74.0 cm³/mol. The Morgan fingerprint density at radius 2 is 2.29 bits per heavy atom. The number of thiazole rings is 1. The molecule has 1 fully saturated rings. The summed E-state index contributed by atoms with van der Waals surface area (Å²) in [4.78, 5) is 8.90. The minimum absolute atomic E-state index is 0.704. The third-order valence-corrected chi connectivity index (χ3v) is 4.60. The highest BCUT2D eigenvalue weighted by Gasteiger charge is 2.26. The lowest BCUT2D eigenvalue weighted by Gasteiger charge is -2.05. The summed E-state index contributed by atoms with van der Waals surface area (Å²) in [6, 6.07) is 1.98. The number of nitrogens with one attached hydrogen (secondary N) is 1. The highest BCUT2D eigenvalue weighted by molar-refractivity contribution is 9.10. The van der Waals surface area contributed by atoms with Gasteiger partial charge in [0.25, 0.3) is 0 Å². The normalized spacial score (nSPS) is 14.9. The third kappa shape index (κ3) is 2.35. The second-order valence-electron chi connectivity index (χ2n) is 4.27. The molecule has 5 heteroatoms. The predicted octanol–water partition coefficient (Wildman–Crippen LogP) is 4.23. The standard InChI is InChI=1S/C12H12BrN3S/c1-7-4-5-14-11(10(7)13)16-12-15-9(6-17-12)8-2-3-8/h4-6,8H,2-3H2,1H3,(H,14,15,16). The lowest BCUT2D eigenvalue weighted by molar-refractivity contribution is 1.05. The molecule has 0 atom stereocenters. The Morgan fingerprint density at radius 1 is 1.47 bits per heavy atom. The highest BCUT2D eigenvalue weighted by Crippen LogP contribution is 2.41. The highest BCUT2D eigenvalue weighted by atomic mass is 79.9. The van der Waals surface area contributed by atoms with Crippen molar-refractivity contribution in [2.75, 3.05) is 5.32 Å². The lowest BCUT2D eigenvalue weighted by Crippen LogP contribution is -1.95. The van der Waals surface area contributed by atoms with Gasteiger partial charge in [-0.25, -0.2) is 9.97 Å². The van der Waals surface area contributed by atoms with Gasteiger partial charge in [0.1, 0.15) is 5.82 Å². The van der Waals surface area contributed by atoms with Crippen LogP contribution in [0.5, 0.6) is 0 Å². The summed E-state index contributed by atoms with van der Waals surface area (Å²) >= 11 is 5.18. The summed E-state index contributed by atoms with van der Waals surface area (Å²) in [5, 5.41) is 6.33. The van der Waals surface area contributed by atoms with Gasteiger partial charge >= 0.3 is 0 Å². The molecule has 3 rings (SSSR count). The fourth-order valence-electron chi connectivity index (χ4n) is 1.64. The van der Waals surface area contributed by atoms with Crippen LogP contribution < -0.4 is 5.32 Å². The first-order valence-electron chi connectivity index (χ1n) is 5.57. The molecule has 1 aliphatic carbocycles. The molecule has 0 aliphatic heterocycles. The maximum Gasteiger partial charge on any atom is 0.188 e. The van der Waals surface area contributed by atoms with Crippen LogP contribution in [0.4, 0.5) is 10.9 Å². The summed E-state index contributed by atoms with van der Waals surface area (Å²) in [7, 11) is 0. The largest absolute Gasteiger partial charge is 0.315 e. The minimum atomic E-state index is 0.704. The second-order valence-corrected chi connectivity index (χ2v) is 5.92. The fraction of sp³-hybridized carbons (Fsp3) is 0.333. The zero-order valence-electron chi connectivity index (χ0n) is 9.40. The second kappa shape index (κ2) is 4.38. The summed E-state index contributed by atoms with van der Waals surface area (Å²) in [6.45, 7) is 2.05. The van der Waals surface area contributed by atoms with Crippen molar-refractivity contribution >= 4 is 38.2 Å². The van der Waals surface area contributed by atoms with E-state index in [-0.39, 0.29) is 0 Å². The number of nitrogens with zero attached hydrogens (tertiary/aromatic N) is 2. The molecule has 17 heavy (non-hydrogen) atoms. The number of aryl methyl sites for hydroxylation is 1. The van der Waals surface area contributed by atoms with E-state index >= 15 is 0 Å². The zero-order valence-corrected chi connectivity index (χ0v) is 11.8. The van der Waals surface area contributed by atoms with Crippen LogP contribution in [0.15, 0.2) is 22.1 Å². The molecule has 0 bridgehead atoms. The van der Waals surface area contributed by atoms with Crippen LogP contribution in [-0.2, 0) is 0 Å². The number of anilines is 2. The quantitative estimate of drug-likeness (QED) is 0.922. The number of hydrogen-bond acceptors (Lipinski definition) is 4. The van der Waals surface area contributed by atoms with E-state index in [2.05, 4.69) is 43.5 Å². The van der Waals surface area contributed by atoms with Crippen molar-refractivity contribution in [1.29, 1.82) is 0 Å². The Labute approximate surface area is 112 Å². The Bertz CT molecular complexity index is 548. The SMILES string of the molecule is Cc1ccnc(Nc2nc(C3CC3)cs2)c1Br. The molecule has 2 heterocycles. The van der Waals surface area contributed by atoms with E-state index in [1.807, 2.05) is 6.07 Å². The number of hydrogen-bond donors (Lipinski definition) is 1. The lowest BCUT2D eigenvalue weighted by atomic mass is 10.3. The minimum Gasteiger partial charge on any atom is -0.315 e. The summed E-state index contributed by atoms with van der Waals surface area (Å²) in [5.74, 6) is 1.54. The Balaban J connectivity index is 1.83. The van der Waals surface area contributed by atoms with Crippen molar-refractivity contribution < 1.29 is 0 Å². The van der Waals surface area contributed by atoms with Crippen LogP contribution in [-0.4, -0.2) is 9.97 Å². The van der Waals surface area contributed by atoms with Crippen molar-refractivity contribution in [2.24, 2.45) is 0 Å². The number of pyridine rings is 1. The molecule has 1 saturated carbocycles. The molecule has 0 unspecified atom stereocenters. The molecular formula is C12H12BrN3S. The molecule has 0 amide bonds. The van der Waals surface area contributed by atoms with Gasteiger partial charge in [0.2, 0.25) is 0 Å². The van der Waals surface area contributed by atoms with E-state index in [0.717, 1.165) is 15.4 Å². The molecule has 0 saturated heterocycles. The maximum atomic E-state index is 4.58. The maximum absolute atomic E-state index is 4.58. The topological polar surface area (TPSA) is 37.8 Å². The molecule has 88 valence electrons. The number of rotatable bonds is 3. The third-order valence-electron chi connectivity index (χ3n) is 2.83.